The smallest absolute Gasteiger partial charge is 0.248 e. The molecule has 1 unspecified atom stereocenters. The van der Waals surface area contributed by atoms with E-state index in [1.807, 2.05) is 12.1 Å². The third-order valence-corrected chi connectivity index (χ3v) is 8.51. The number of carbonyl (C=O) groups excluding carboxylic acids is 1. The zero-order chi connectivity index (χ0) is 24.7. The van der Waals surface area contributed by atoms with Crippen LogP contribution in [0.5, 0.6) is 5.75 Å². The van der Waals surface area contributed by atoms with E-state index >= 15 is 0 Å². The number of ether oxygens (including phenoxy) is 2. The minimum atomic E-state index is -3.71. The van der Waals surface area contributed by atoms with Crippen LogP contribution in [0.1, 0.15) is 36.0 Å². The molecule has 1 fully saturated rings. The molecule has 1 atom stereocenters. The summed E-state index contributed by atoms with van der Waals surface area (Å²) in [7, 11) is -0.389. The molecule has 3 rings (SSSR count). The van der Waals surface area contributed by atoms with Gasteiger partial charge in [-0.3, -0.25) is 9.78 Å². The van der Waals surface area contributed by atoms with E-state index in [0.29, 0.717) is 41.3 Å². The summed E-state index contributed by atoms with van der Waals surface area (Å²) >= 11 is 0. The Morgan fingerprint density at radius 2 is 1.85 bits per heavy atom. The summed E-state index contributed by atoms with van der Waals surface area (Å²) < 4.78 is 39.8. The Hall–Kier alpha value is -2.49. The maximum absolute atomic E-state index is 13.6. The quantitative estimate of drug-likeness (QED) is 0.510. The number of piperidine rings is 1. The molecule has 0 saturated carbocycles. The van der Waals surface area contributed by atoms with Crippen LogP contribution in [-0.4, -0.2) is 75.0 Å². The van der Waals surface area contributed by atoms with Crippen LogP contribution in [0.4, 0.5) is 0 Å². The van der Waals surface area contributed by atoms with Gasteiger partial charge in [-0.25, -0.2) is 8.42 Å². The van der Waals surface area contributed by atoms with Crippen molar-refractivity contribution in [3.8, 4) is 5.75 Å². The van der Waals surface area contributed by atoms with Gasteiger partial charge in [-0.05, 0) is 74.1 Å². The van der Waals surface area contributed by atoms with Gasteiger partial charge in [0, 0.05) is 38.6 Å². The Kier molecular flexibility index (Phi) is 9.04. The SMILES string of the molecule is COc1cc(C)c(S(=O)(=O)N2CCCCC2COCC(=O)N(C)CCc2ccncc2)c(C)c1. The number of hydrogen-bond acceptors (Lipinski definition) is 6. The molecule has 0 bridgehead atoms. The fraction of sp³-hybridized carbons (Fsp3) is 0.520. The Morgan fingerprint density at radius 3 is 2.50 bits per heavy atom. The van der Waals surface area contributed by atoms with Gasteiger partial charge in [-0.15, -0.1) is 0 Å². The number of benzene rings is 1. The second-order valence-electron chi connectivity index (χ2n) is 8.79. The normalized spacial score (nSPS) is 16.9. The summed E-state index contributed by atoms with van der Waals surface area (Å²) in [5.74, 6) is 0.514. The van der Waals surface area contributed by atoms with Crippen LogP contribution in [0.3, 0.4) is 0 Å². The van der Waals surface area contributed by atoms with Crippen LogP contribution in [0, 0.1) is 13.8 Å². The number of methoxy groups -OCH3 is 1. The van der Waals surface area contributed by atoms with Crippen molar-refractivity contribution < 1.29 is 22.7 Å². The average molecular weight is 490 g/mol. The molecule has 0 N–H and O–H groups in total. The number of aromatic nitrogens is 1. The van der Waals surface area contributed by atoms with Crippen molar-refractivity contribution in [2.24, 2.45) is 0 Å². The number of rotatable bonds is 10. The Balaban J connectivity index is 1.60. The Morgan fingerprint density at radius 1 is 1.18 bits per heavy atom. The van der Waals surface area contributed by atoms with Gasteiger partial charge in [0.2, 0.25) is 15.9 Å². The van der Waals surface area contributed by atoms with Gasteiger partial charge in [0.05, 0.1) is 18.6 Å². The van der Waals surface area contributed by atoms with Crippen molar-refractivity contribution in [3.05, 3.63) is 53.3 Å². The van der Waals surface area contributed by atoms with Crippen molar-refractivity contribution in [3.63, 3.8) is 0 Å². The molecule has 9 heteroatoms. The zero-order valence-electron chi connectivity index (χ0n) is 20.5. The van der Waals surface area contributed by atoms with E-state index in [9.17, 15) is 13.2 Å². The maximum Gasteiger partial charge on any atom is 0.248 e. The highest BCUT2D eigenvalue weighted by Crippen LogP contribution is 2.31. The lowest BCUT2D eigenvalue weighted by Gasteiger charge is -2.35. The van der Waals surface area contributed by atoms with E-state index in [1.54, 1.807) is 61.7 Å². The van der Waals surface area contributed by atoms with Crippen molar-refractivity contribution in [1.29, 1.82) is 0 Å². The highest BCUT2D eigenvalue weighted by Gasteiger charge is 2.35. The monoisotopic (exact) mass is 489 g/mol. The highest BCUT2D eigenvalue weighted by atomic mass is 32.2. The summed E-state index contributed by atoms with van der Waals surface area (Å²) in [6.45, 7) is 4.72. The van der Waals surface area contributed by atoms with Gasteiger partial charge in [0.15, 0.2) is 0 Å². The van der Waals surface area contributed by atoms with Crippen LogP contribution < -0.4 is 4.74 Å². The maximum atomic E-state index is 13.6. The Bertz CT molecular complexity index is 1050. The third kappa shape index (κ3) is 6.34. The molecule has 1 saturated heterocycles. The molecule has 0 radical (unpaired) electrons. The van der Waals surface area contributed by atoms with Gasteiger partial charge in [0.1, 0.15) is 12.4 Å². The molecule has 1 aliphatic heterocycles. The van der Waals surface area contributed by atoms with Crippen LogP contribution in [0.25, 0.3) is 0 Å². The molecule has 0 aliphatic carbocycles. The fourth-order valence-electron chi connectivity index (χ4n) is 4.37. The van der Waals surface area contributed by atoms with Gasteiger partial charge in [-0.1, -0.05) is 6.42 Å². The number of aryl methyl sites for hydroxylation is 2. The molecule has 1 aliphatic rings. The summed E-state index contributed by atoms with van der Waals surface area (Å²) in [5.41, 5.74) is 2.43. The van der Waals surface area contributed by atoms with Gasteiger partial charge in [-0.2, -0.15) is 4.31 Å². The topological polar surface area (TPSA) is 89.0 Å². The first-order valence-corrected chi connectivity index (χ1v) is 13.1. The predicted molar refractivity (Wildman–Crippen MR) is 130 cm³/mol. The van der Waals surface area contributed by atoms with Gasteiger partial charge < -0.3 is 14.4 Å². The number of likely N-dealkylation sites (N-methyl/N-ethyl adjacent to an activating group) is 1. The molecular weight excluding hydrogens is 454 g/mol. The molecule has 2 heterocycles. The first-order valence-electron chi connectivity index (χ1n) is 11.6. The van der Waals surface area contributed by atoms with Crippen LogP contribution >= 0.6 is 0 Å². The number of nitrogens with zero attached hydrogens (tertiary/aromatic N) is 3. The first kappa shape index (κ1) is 26.1. The standard InChI is InChI=1S/C25H35N3O5S/c1-19-15-23(32-4)16-20(2)25(19)34(30,31)28-13-6-5-7-22(28)17-33-18-24(29)27(3)14-10-21-8-11-26-12-9-21/h8-9,11-12,15-16,22H,5-7,10,13-14,17-18H2,1-4H3. The van der Waals surface area contributed by atoms with Gasteiger partial charge >= 0.3 is 0 Å². The second-order valence-corrected chi connectivity index (χ2v) is 10.6. The summed E-state index contributed by atoms with van der Waals surface area (Å²) in [6, 6.07) is 7.05. The molecule has 0 spiro atoms. The molecule has 1 aromatic carbocycles. The van der Waals surface area contributed by atoms with Gasteiger partial charge in [0.25, 0.3) is 0 Å². The van der Waals surface area contributed by atoms with Crippen LogP contribution in [-0.2, 0) is 26.0 Å². The average Bonchev–Trinajstić information content (AvgIpc) is 2.82. The molecule has 34 heavy (non-hydrogen) atoms. The van der Waals surface area contributed by atoms with Crippen molar-refractivity contribution in [2.45, 2.75) is 50.5 Å². The summed E-state index contributed by atoms with van der Waals surface area (Å²) in [6.07, 6.45) is 6.65. The summed E-state index contributed by atoms with van der Waals surface area (Å²) in [4.78, 5) is 18.5. The van der Waals surface area contributed by atoms with Crippen LogP contribution in [0.2, 0.25) is 0 Å². The molecule has 186 valence electrons. The molecule has 1 amide bonds. The largest absolute Gasteiger partial charge is 0.497 e. The number of pyridine rings is 1. The van der Waals surface area contributed by atoms with E-state index in [-0.39, 0.29) is 25.2 Å². The predicted octanol–water partition coefficient (Wildman–Crippen LogP) is 2.97. The zero-order valence-corrected chi connectivity index (χ0v) is 21.3. The van der Waals surface area contributed by atoms with E-state index in [4.69, 9.17) is 9.47 Å². The lowest BCUT2D eigenvalue weighted by molar-refractivity contribution is -0.135. The highest BCUT2D eigenvalue weighted by molar-refractivity contribution is 7.89. The van der Waals surface area contributed by atoms with E-state index in [2.05, 4.69) is 4.98 Å². The van der Waals surface area contributed by atoms with Crippen molar-refractivity contribution in [2.75, 3.05) is 40.5 Å². The fourth-order valence-corrected chi connectivity index (χ4v) is 6.47. The number of hydrogen-bond donors (Lipinski definition) is 0. The lowest BCUT2D eigenvalue weighted by Crippen LogP contribution is -2.46. The van der Waals surface area contributed by atoms with Crippen LogP contribution in [0.15, 0.2) is 41.6 Å². The van der Waals surface area contributed by atoms with Crippen molar-refractivity contribution in [1.82, 2.24) is 14.2 Å². The summed E-state index contributed by atoms with van der Waals surface area (Å²) in [5, 5.41) is 0. The van der Waals surface area contributed by atoms with E-state index < -0.39 is 10.0 Å². The Labute approximate surface area is 202 Å². The molecule has 1 aromatic heterocycles. The molecular formula is C25H35N3O5S. The number of amides is 1. The molecule has 2 aromatic rings. The third-order valence-electron chi connectivity index (χ3n) is 6.26. The number of carbonyl (C=O) groups is 1. The minimum absolute atomic E-state index is 0.0716. The van der Waals surface area contributed by atoms with E-state index in [0.717, 1.165) is 24.8 Å². The van der Waals surface area contributed by atoms with E-state index in [1.165, 1.54) is 0 Å². The minimum Gasteiger partial charge on any atom is -0.497 e. The second kappa shape index (κ2) is 11.8. The number of sulfonamides is 1. The van der Waals surface area contributed by atoms with Crippen molar-refractivity contribution >= 4 is 15.9 Å². The first-order chi connectivity index (χ1) is 16.2. The molecule has 8 nitrogen and oxygen atoms in total. The lowest BCUT2D eigenvalue weighted by atomic mass is 10.1.